The highest BCUT2D eigenvalue weighted by Gasteiger charge is 2.42. The third-order valence-corrected chi connectivity index (χ3v) is 5.99. The van der Waals surface area contributed by atoms with Gasteiger partial charge in [0.05, 0.1) is 6.54 Å². The second-order valence-electron chi connectivity index (χ2n) is 5.63. The molecule has 2 unspecified atom stereocenters. The number of carbonyl (C=O) groups excluding carboxylic acids is 2. The summed E-state index contributed by atoms with van der Waals surface area (Å²) in [7, 11) is 1.67. The van der Waals surface area contributed by atoms with E-state index in [0.29, 0.717) is 24.7 Å². The van der Waals surface area contributed by atoms with Gasteiger partial charge in [0.1, 0.15) is 0 Å². The van der Waals surface area contributed by atoms with Gasteiger partial charge in [-0.2, -0.15) is 0 Å². The number of nitrogens with zero attached hydrogens (tertiary/aromatic N) is 4. The SMILES string of the molecule is CCCSc1nnc(N2C(=O)N(C)CC2OC(=O)C2CCCO2)s1. The van der Waals surface area contributed by atoms with E-state index in [0.717, 1.165) is 22.9 Å². The predicted molar refractivity (Wildman–Crippen MR) is 90.3 cm³/mol. The summed E-state index contributed by atoms with van der Waals surface area (Å²) in [5.41, 5.74) is 0. The maximum Gasteiger partial charge on any atom is 0.337 e. The molecule has 2 atom stereocenters. The molecule has 24 heavy (non-hydrogen) atoms. The second-order valence-corrected chi connectivity index (χ2v) is 7.92. The minimum Gasteiger partial charge on any atom is -0.437 e. The number of carbonyl (C=O) groups is 2. The highest BCUT2D eigenvalue weighted by Crippen LogP contribution is 2.32. The Kier molecular flexibility index (Phi) is 5.57. The summed E-state index contributed by atoms with van der Waals surface area (Å²) in [6.07, 6.45) is 1.31. The first kappa shape index (κ1) is 17.4. The summed E-state index contributed by atoms with van der Waals surface area (Å²) >= 11 is 2.94. The third kappa shape index (κ3) is 3.65. The average Bonchev–Trinajstić information content (AvgIpc) is 3.28. The summed E-state index contributed by atoms with van der Waals surface area (Å²) in [4.78, 5) is 27.5. The minimum atomic E-state index is -0.698. The molecule has 0 spiro atoms. The van der Waals surface area contributed by atoms with E-state index in [1.54, 1.807) is 18.8 Å². The summed E-state index contributed by atoms with van der Waals surface area (Å²) < 4.78 is 11.7. The molecule has 1 aromatic rings. The van der Waals surface area contributed by atoms with Crippen molar-refractivity contribution in [3.8, 4) is 0 Å². The van der Waals surface area contributed by atoms with Crippen LogP contribution in [0.5, 0.6) is 0 Å². The molecule has 2 aliphatic rings. The monoisotopic (exact) mass is 372 g/mol. The Labute approximate surface area is 148 Å². The minimum absolute atomic E-state index is 0.247. The largest absolute Gasteiger partial charge is 0.437 e. The molecular formula is C14H20N4O4S2. The molecule has 0 bridgehead atoms. The van der Waals surface area contributed by atoms with Crippen LogP contribution in [0.2, 0.25) is 0 Å². The molecule has 2 amide bonds. The first-order valence-electron chi connectivity index (χ1n) is 7.93. The molecule has 0 radical (unpaired) electrons. The smallest absolute Gasteiger partial charge is 0.337 e. The zero-order valence-corrected chi connectivity index (χ0v) is 15.3. The van der Waals surface area contributed by atoms with Gasteiger partial charge >= 0.3 is 12.0 Å². The Morgan fingerprint density at radius 2 is 2.33 bits per heavy atom. The van der Waals surface area contributed by atoms with Gasteiger partial charge in [-0.3, -0.25) is 0 Å². The number of likely N-dealkylation sites (N-methyl/N-ethyl adjacent to an activating group) is 1. The van der Waals surface area contributed by atoms with Gasteiger partial charge in [0.15, 0.2) is 10.4 Å². The lowest BCUT2D eigenvalue weighted by Crippen LogP contribution is -2.39. The lowest BCUT2D eigenvalue weighted by molar-refractivity contribution is -0.158. The average molecular weight is 372 g/mol. The van der Waals surface area contributed by atoms with Crippen LogP contribution in [0, 0.1) is 0 Å². The molecule has 3 rings (SSSR count). The van der Waals surface area contributed by atoms with Crippen molar-refractivity contribution in [2.75, 3.05) is 30.9 Å². The van der Waals surface area contributed by atoms with Crippen LogP contribution in [0.25, 0.3) is 0 Å². The summed E-state index contributed by atoms with van der Waals surface area (Å²) in [6, 6.07) is -0.247. The summed E-state index contributed by atoms with van der Waals surface area (Å²) in [5.74, 6) is 0.524. The molecular weight excluding hydrogens is 352 g/mol. The van der Waals surface area contributed by atoms with E-state index < -0.39 is 18.3 Å². The highest BCUT2D eigenvalue weighted by molar-refractivity contribution is 8.01. The fourth-order valence-corrected chi connectivity index (χ4v) is 4.32. The Bertz CT molecular complexity index is 605. The quantitative estimate of drug-likeness (QED) is 0.429. The topological polar surface area (TPSA) is 84.9 Å². The van der Waals surface area contributed by atoms with Crippen molar-refractivity contribution < 1.29 is 19.1 Å². The van der Waals surface area contributed by atoms with Crippen LogP contribution in [-0.2, 0) is 14.3 Å². The summed E-state index contributed by atoms with van der Waals surface area (Å²) in [5, 5.41) is 8.65. The number of ether oxygens (including phenoxy) is 2. The number of amides is 2. The van der Waals surface area contributed by atoms with E-state index >= 15 is 0 Å². The fraction of sp³-hybridized carbons (Fsp3) is 0.714. The molecule has 2 fully saturated rings. The Balaban J connectivity index is 1.71. The standard InChI is InChI=1S/C14H20N4O4S2/c1-3-7-23-13-16-15-12(24-13)18-10(8-17(2)14(18)20)22-11(19)9-5-4-6-21-9/h9-10H,3-8H2,1-2H3. The van der Waals surface area contributed by atoms with Crippen LogP contribution < -0.4 is 4.90 Å². The van der Waals surface area contributed by atoms with Crippen molar-refractivity contribution in [3.63, 3.8) is 0 Å². The molecule has 0 aliphatic carbocycles. The lowest BCUT2D eigenvalue weighted by atomic mass is 10.2. The fourth-order valence-electron chi connectivity index (χ4n) is 2.52. The van der Waals surface area contributed by atoms with Gasteiger partial charge in [0.25, 0.3) is 0 Å². The van der Waals surface area contributed by atoms with Crippen molar-refractivity contribution in [3.05, 3.63) is 0 Å². The van der Waals surface area contributed by atoms with Gasteiger partial charge in [0.2, 0.25) is 11.4 Å². The molecule has 0 N–H and O–H groups in total. The third-order valence-electron chi connectivity index (χ3n) is 3.73. The first-order chi connectivity index (χ1) is 11.6. The van der Waals surface area contributed by atoms with Gasteiger partial charge in [-0.05, 0) is 19.3 Å². The maximum atomic E-state index is 12.4. The molecule has 0 saturated carbocycles. The predicted octanol–water partition coefficient (Wildman–Crippen LogP) is 1.96. The van der Waals surface area contributed by atoms with Gasteiger partial charge in [0, 0.05) is 19.4 Å². The van der Waals surface area contributed by atoms with Gasteiger partial charge in [-0.1, -0.05) is 30.0 Å². The Hall–Kier alpha value is -1.39. The van der Waals surface area contributed by atoms with Crippen LogP contribution in [0.4, 0.5) is 9.93 Å². The van der Waals surface area contributed by atoms with E-state index in [4.69, 9.17) is 9.47 Å². The zero-order chi connectivity index (χ0) is 17.1. The molecule has 8 nitrogen and oxygen atoms in total. The normalized spacial score (nSPS) is 24.0. The zero-order valence-electron chi connectivity index (χ0n) is 13.6. The van der Waals surface area contributed by atoms with Crippen LogP contribution >= 0.6 is 23.1 Å². The molecule has 10 heteroatoms. The number of urea groups is 1. The lowest BCUT2D eigenvalue weighted by Gasteiger charge is -2.21. The first-order valence-corrected chi connectivity index (χ1v) is 9.73. The molecule has 132 valence electrons. The van der Waals surface area contributed by atoms with Crippen LogP contribution in [0.15, 0.2) is 4.34 Å². The van der Waals surface area contributed by atoms with E-state index in [1.165, 1.54) is 21.1 Å². The van der Waals surface area contributed by atoms with Crippen LogP contribution in [0.1, 0.15) is 26.2 Å². The molecule has 3 heterocycles. The second kappa shape index (κ2) is 7.66. The highest BCUT2D eigenvalue weighted by atomic mass is 32.2. The van der Waals surface area contributed by atoms with Crippen molar-refractivity contribution in [2.24, 2.45) is 0 Å². The van der Waals surface area contributed by atoms with Crippen LogP contribution in [-0.4, -0.2) is 65.4 Å². The molecule has 1 aromatic heterocycles. The van der Waals surface area contributed by atoms with E-state index in [1.807, 2.05) is 0 Å². The number of esters is 1. The van der Waals surface area contributed by atoms with Gasteiger partial charge < -0.3 is 14.4 Å². The van der Waals surface area contributed by atoms with Gasteiger partial charge in [-0.15, -0.1) is 10.2 Å². The molecule has 2 aliphatic heterocycles. The van der Waals surface area contributed by atoms with Crippen LogP contribution in [0.3, 0.4) is 0 Å². The number of anilines is 1. The van der Waals surface area contributed by atoms with E-state index in [9.17, 15) is 9.59 Å². The Morgan fingerprint density at radius 3 is 3.04 bits per heavy atom. The summed E-state index contributed by atoms with van der Waals surface area (Å²) in [6.45, 7) is 2.96. The molecule has 0 aromatic carbocycles. The van der Waals surface area contributed by atoms with Gasteiger partial charge in [-0.25, -0.2) is 14.5 Å². The molecule has 2 saturated heterocycles. The maximum absolute atomic E-state index is 12.4. The Morgan fingerprint density at radius 1 is 1.50 bits per heavy atom. The van der Waals surface area contributed by atoms with Crippen molar-refractivity contribution >= 4 is 40.2 Å². The number of rotatable bonds is 6. The number of hydrogen-bond acceptors (Lipinski definition) is 8. The van der Waals surface area contributed by atoms with Crippen molar-refractivity contribution in [2.45, 2.75) is 42.9 Å². The van der Waals surface area contributed by atoms with E-state index in [2.05, 4.69) is 17.1 Å². The number of aromatic nitrogens is 2. The van der Waals surface area contributed by atoms with Crippen molar-refractivity contribution in [1.29, 1.82) is 0 Å². The van der Waals surface area contributed by atoms with Crippen molar-refractivity contribution in [1.82, 2.24) is 15.1 Å². The number of thioether (sulfide) groups is 1. The number of hydrogen-bond donors (Lipinski definition) is 0. The van der Waals surface area contributed by atoms with E-state index in [-0.39, 0.29) is 6.03 Å².